The fraction of sp³-hybridized carbons (Fsp3) is 0.353. The van der Waals surface area contributed by atoms with Crippen LogP contribution in [0, 0.1) is 0 Å². The van der Waals surface area contributed by atoms with E-state index in [4.69, 9.17) is 9.47 Å². The van der Waals surface area contributed by atoms with Crippen LogP contribution in [-0.2, 0) is 21.2 Å². The van der Waals surface area contributed by atoms with E-state index in [1.54, 1.807) is 26.0 Å². The van der Waals surface area contributed by atoms with Gasteiger partial charge >= 0.3 is 6.01 Å². The average molecular weight is 392 g/mol. The number of ether oxygens (including phenoxy) is 2. The number of aryl methyl sites for hydroxylation is 1. The largest absolute Gasteiger partial charge is 0.476 e. The van der Waals surface area contributed by atoms with Crippen molar-refractivity contribution in [3.8, 4) is 11.9 Å². The lowest BCUT2D eigenvalue weighted by Crippen LogP contribution is -2.20. The first kappa shape index (κ1) is 18.9. The number of amides is 1. The maximum atomic E-state index is 12.8. The molecule has 2 heterocycles. The Bertz CT molecular complexity index is 962. The zero-order valence-electron chi connectivity index (χ0n) is 15.0. The first-order valence-electron chi connectivity index (χ1n) is 8.51. The van der Waals surface area contributed by atoms with Crippen LogP contribution < -0.4 is 19.5 Å². The summed E-state index contributed by atoms with van der Waals surface area (Å²) in [5.74, 6) is 0.00822. The fourth-order valence-electron chi connectivity index (χ4n) is 2.60. The summed E-state index contributed by atoms with van der Waals surface area (Å²) in [6, 6.07) is 4.67. The zero-order chi connectivity index (χ0) is 19.4. The summed E-state index contributed by atoms with van der Waals surface area (Å²) in [5, 5.41) is 2.72. The average Bonchev–Trinajstić information content (AvgIpc) is 2.63. The molecule has 10 heteroatoms. The second-order valence-corrected chi connectivity index (χ2v) is 7.39. The lowest BCUT2D eigenvalue weighted by molar-refractivity contribution is -0.116. The normalized spacial score (nSPS) is 13.5. The summed E-state index contributed by atoms with van der Waals surface area (Å²) < 4.78 is 38.6. The van der Waals surface area contributed by atoms with Crippen molar-refractivity contribution in [2.75, 3.05) is 23.3 Å². The van der Waals surface area contributed by atoms with Gasteiger partial charge in [-0.3, -0.25) is 9.52 Å². The molecule has 0 radical (unpaired) electrons. The van der Waals surface area contributed by atoms with E-state index < -0.39 is 10.0 Å². The minimum absolute atomic E-state index is 0.0775. The van der Waals surface area contributed by atoms with E-state index >= 15 is 0 Å². The van der Waals surface area contributed by atoms with Crippen LogP contribution in [0.4, 0.5) is 11.4 Å². The van der Waals surface area contributed by atoms with E-state index in [2.05, 4.69) is 20.0 Å². The highest BCUT2D eigenvalue weighted by atomic mass is 32.2. The maximum Gasteiger partial charge on any atom is 0.319 e. The number of carbonyl (C=O) groups is 1. The Labute approximate surface area is 157 Å². The minimum Gasteiger partial charge on any atom is -0.476 e. The number of nitrogens with one attached hydrogen (secondary N) is 2. The van der Waals surface area contributed by atoms with E-state index in [1.165, 1.54) is 12.3 Å². The van der Waals surface area contributed by atoms with Gasteiger partial charge in [0.05, 0.1) is 24.3 Å². The Morgan fingerprint density at radius 1 is 1.19 bits per heavy atom. The number of carbonyl (C=O) groups excluding carboxylic acids is 1. The summed E-state index contributed by atoms with van der Waals surface area (Å²) >= 11 is 0. The van der Waals surface area contributed by atoms with E-state index in [9.17, 15) is 13.2 Å². The van der Waals surface area contributed by atoms with Crippen molar-refractivity contribution < 1.29 is 22.7 Å². The van der Waals surface area contributed by atoms with Gasteiger partial charge in [-0.05, 0) is 44.0 Å². The molecule has 1 aromatic heterocycles. The lowest BCUT2D eigenvalue weighted by Gasteiger charge is -2.18. The van der Waals surface area contributed by atoms with Gasteiger partial charge in [-0.2, -0.15) is 4.98 Å². The number of aromatic nitrogens is 2. The van der Waals surface area contributed by atoms with Gasteiger partial charge in [0.2, 0.25) is 11.8 Å². The third-order valence-corrected chi connectivity index (χ3v) is 5.18. The molecule has 9 nitrogen and oxygen atoms in total. The molecule has 1 aliphatic heterocycles. The standard InChI is InChI=1S/C17H20N4O5S/c1-3-25-16-14(10-18-17(20-16)26-4-2)21-27(23,24)12-6-7-13-11(9-12)5-8-15(22)19-13/h6-7,9-10,21H,3-5,8H2,1-2H3,(H,19,22). The number of benzene rings is 1. The molecule has 0 saturated heterocycles. The molecular weight excluding hydrogens is 372 g/mol. The molecule has 0 saturated carbocycles. The summed E-state index contributed by atoms with van der Waals surface area (Å²) in [7, 11) is -3.89. The molecule has 0 spiro atoms. The smallest absolute Gasteiger partial charge is 0.319 e. The Morgan fingerprint density at radius 2 is 1.96 bits per heavy atom. The van der Waals surface area contributed by atoms with Gasteiger partial charge in [-0.25, -0.2) is 13.4 Å². The van der Waals surface area contributed by atoms with Gasteiger partial charge in [0.1, 0.15) is 5.69 Å². The van der Waals surface area contributed by atoms with Crippen molar-refractivity contribution in [3.63, 3.8) is 0 Å². The molecule has 2 N–H and O–H groups in total. The second kappa shape index (κ2) is 7.78. The van der Waals surface area contributed by atoms with Gasteiger partial charge in [-0.1, -0.05) is 0 Å². The molecule has 1 aromatic carbocycles. The maximum absolute atomic E-state index is 12.8. The van der Waals surface area contributed by atoms with Crippen molar-refractivity contribution in [1.29, 1.82) is 0 Å². The van der Waals surface area contributed by atoms with Crippen molar-refractivity contribution >= 4 is 27.3 Å². The Hall–Kier alpha value is -2.88. The Kier molecular flexibility index (Phi) is 5.45. The van der Waals surface area contributed by atoms with Crippen LogP contribution in [-0.4, -0.2) is 37.5 Å². The van der Waals surface area contributed by atoms with Crippen molar-refractivity contribution in [3.05, 3.63) is 30.0 Å². The molecule has 27 heavy (non-hydrogen) atoms. The fourth-order valence-corrected chi connectivity index (χ4v) is 3.69. The lowest BCUT2D eigenvalue weighted by atomic mass is 10.0. The van der Waals surface area contributed by atoms with Crippen LogP contribution in [0.25, 0.3) is 0 Å². The second-order valence-electron chi connectivity index (χ2n) is 5.71. The van der Waals surface area contributed by atoms with Crippen LogP contribution in [0.5, 0.6) is 11.9 Å². The van der Waals surface area contributed by atoms with Crippen molar-refractivity contribution in [2.24, 2.45) is 0 Å². The van der Waals surface area contributed by atoms with Gasteiger partial charge < -0.3 is 14.8 Å². The molecule has 3 rings (SSSR count). The number of rotatable bonds is 7. The molecule has 0 bridgehead atoms. The summed E-state index contributed by atoms with van der Waals surface area (Å²) in [4.78, 5) is 19.6. The van der Waals surface area contributed by atoms with E-state index in [0.717, 1.165) is 5.56 Å². The highest BCUT2D eigenvalue weighted by Crippen LogP contribution is 2.29. The highest BCUT2D eigenvalue weighted by Gasteiger charge is 2.22. The van der Waals surface area contributed by atoms with Gasteiger partial charge in [0.25, 0.3) is 10.0 Å². The summed E-state index contributed by atoms with van der Waals surface area (Å²) in [6.07, 6.45) is 2.12. The number of sulfonamides is 1. The molecule has 0 aliphatic carbocycles. The number of anilines is 2. The summed E-state index contributed by atoms with van der Waals surface area (Å²) in [5.41, 5.74) is 1.52. The Balaban J connectivity index is 1.89. The van der Waals surface area contributed by atoms with Crippen LogP contribution in [0.2, 0.25) is 0 Å². The predicted octanol–water partition coefficient (Wildman–Crippen LogP) is 1.96. The molecular formula is C17H20N4O5S. The SMILES string of the molecule is CCOc1ncc(NS(=O)(=O)c2ccc3c(c2)CCC(=O)N3)c(OCC)n1. The molecule has 0 fully saturated rings. The Morgan fingerprint density at radius 3 is 2.70 bits per heavy atom. The van der Waals surface area contributed by atoms with Gasteiger partial charge in [0.15, 0.2) is 0 Å². The van der Waals surface area contributed by atoms with E-state index in [1.807, 2.05) is 0 Å². The van der Waals surface area contributed by atoms with E-state index in [0.29, 0.717) is 31.7 Å². The van der Waals surface area contributed by atoms with Crippen LogP contribution in [0.3, 0.4) is 0 Å². The molecule has 0 unspecified atom stereocenters. The minimum atomic E-state index is -3.89. The highest BCUT2D eigenvalue weighted by molar-refractivity contribution is 7.92. The topological polar surface area (TPSA) is 120 Å². The zero-order valence-corrected chi connectivity index (χ0v) is 15.8. The third kappa shape index (κ3) is 4.27. The van der Waals surface area contributed by atoms with Crippen LogP contribution in [0.1, 0.15) is 25.8 Å². The van der Waals surface area contributed by atoms with Gasteiger partial charge in [-0.15, -0.1) is 0 Å². The van der Waals surface area contributed by atoms with Crippen molar-refractivity contribution in [1.82, 2.24) is 9.97 Å². The number of nitrogens with zero attached hydrogens (tertiary/aromatic N) is 2. The van der Waals surface area contributed by atoms with E-state index in [-0.39, 0.29) is 28.4 Å². The molecule has 2 aromatic rings. The predicted molar refractivity (Wildman–Crippen MR) is 98.6 cm³/mol. The first-order valence-corrected chi connectivity index (χ1v) is 9.99. The summed E-state index contributed by atoms with van der Waals surface area (Å²) in [6.45, 7) is 4.23. The van der Waals surface area contributed by atoms with Gasteiger partial charge in [0, 0.05) is 12.1 Å². The number of hydrogen-bond acceptors (Lipinski definition) is 7. The molecule has 1 amide bonds. The third-order valence-electron chi connectivity index (χ3n) is 3.81. The molecule has 0 atom stereocenters. The monoisotopic (exact) mass is 392 g/mol. The number of fused-ring (bicyclic) bond motifs is 1. The molecule has 144 valence electrons. The molecule has 1 aliphatic rings. The van der Waals surface area contributed by atoms with Crippen LogP contribution in [0.15, 0.2) is 29.3 Å². The van der Waals surface area contributed by atoms with Crippen molar-refractivity contribution in [2.45, 2.75) is 31.6 Å². The quantitative estimate of drug-likeness (QED) is 0.739. The first-order chi connectivity index (χ1) is 12.9. The van der Waals surface area contributed by atoms with Crippen LogP contribution >= 0.6 is 0 Å². The number of hydrogen-bond donors (Lipinski definition) is 2.